The van der Waals surface area contributed by atoms with E-state index in [1.54, 1.807) is 12.3 Å². The van der Waals surface area contributed by atoms with Crippen LogP contribution in [-0.2, 0) is 4.74 Å². The summed E-state index contributed by atoms with van der Waals surface area (Å²) in [6, 6.07) is 3.02. The largest absolute Gasteiger partial charge is 0.377 e. The van der Waals surface area contributed by atoms with Gasteiger partial charge in [0.25, 0.3) is 5.56 Å². The van der Waals surface area contributed by atoms with Crippen LogP contribution in [0.5, 0.6) is 0 Å². The van der Waals surface area contributed by atoms with Gasteiger partial charge in [0.05, 0.1) is 19.3 Å². The van der Waals surface area contributed by atoms with E-state index < -0.39 is 0 Å². The first-order chi connectivity index (χ1) is 10.3. The minimum absolute atomic E-state index is 0.0161. The third-order valence-electron chi connectivity index (χ3n) is 3.80. The summed E-state index contributed by atoms with van der Waals surface area (Å²) in [6.45, 7) is 1.01. The number of ether oxygens (including phenoxy) is 1. The molecule has 2 aromatic rings. The summed E-state index contributed by atoms with van der Waals surface area (Å²) in [7, 11) is 0. The molecule has 2 aromatic heterocycles. The number of nitrogens with one attached hydrogen (secondary N) is 1. The molecule has 8 heteroatoms. The predicted octanol–water partition coefficient (Wildman–Crippen LogP) is 1.02. The maximum Gasteiger partial charge on any atom is 0.267 e. The Morgan fingerprint density at radius 3 is 3.10 bits per heavy atom. The van der Waals surface area contributed by atoms with E-state index in [9.17, 15) is 4.79 Å². The van der Waals surface area contributed by atoms with Crippen molar-refractivity contribution < 1.29 is 4.74 Å². The molecule has 4 rings (SSSR count). The molecule has 2 aliphatic rings. The van der Waals surface area contributed by atoms with Crippen LogP contribution in [-0.4, -0.2) is 38.4 Å². The Hall–Kier alpha value is -1.80. The maximum atomic E-state index is 11.9. The summed E-state index contributed by atoms with van der Waals surface area (Å²) in [6.07, 6.45) is 4.00. The Morgan fingerprint density at radius 2 is 2.29 bits per heavy atom. The topological polar surface area (TPSA) is 81.9 Å². The lowest BCUT2D eigenvalue weighted by Gasteiger charge is -2.19. The smallest absolute Gasteiger partial charge is 0.267 e. The van der Waals surface area contributed by atoms with Crippen LogP contribution in [0.3, 0.4) is 0 Å². The zero-order valence-corrected chi connectivity index (χ0v) is 12.1. The first kappa shape index (κ1) is 12.9. The maximum absolute atomic E-state index is 11.9. The number of anilines is 1. The highest BCUT2D eigenvalue weighted by Crippen LogP contribution is 2.39. The monoisotopic (exact) mass is 305 g/mol. The van der Waals surface area contributed by atoms with Crippen molar-refractivity contribution in [1.82, 2.24) is 19.1 Å². The van der Waals surface area contributed by atoms with Gasteiger partial charge in [-0.15, -0.1) is 0 Å². The van der Waals surface area contributed by atoms with E-state index in [1.807, 2.05) is 0 Å². The molecule has 21 heavy (non-hydrogen) atoms. The molecule has 3 heterocycles. The van der Waals surface area contributed by atoms with Crippen molar-refractivity contribution in [3.05, 3.63) is 34.5 Å². The molecule has 1 saturated heterocycles. The molecule has 0 spiro atoms. The fourth-order valence-electron chi connectivity index (χ4n) is 2.50. The number of rotatable bonds is 4. The molecule has 2 atom stereocenters. The molecular weight excluding hydrogens is 290 g/mol. The number of aromatic nitrogens is 4. The molecular formula is C13H15N5O2S. The fourth-order valence-corrected chi connectivity index (χ4v) is 3.21. The van der Waals surface area contributed by atoms with E-state index in [-0.39, 0.29) is 17.6 Å². The normalized spacial score (nSPS) is 25.1. The number of hydrogen-bond acceptors (Lipinski definition) is 7. The van der Waals surface area contributed by atoms with Gasteiger partial charge in [0.1, 0.15) is 11.9 Å². The van der Waals surface area contributed by atoms with Gasteiger partial charge in [0.2, 0.25) is 5.13 Å². The molecule has 1 aliphatic heterocycles. The van der Waals surface area contributed by atoms with E-state index in [2.05, 4.69) is 19.8 Å². The molecule has 0 bridgehead atoms. The van der Waals surface area contributed by atoms with Gasteiger partial charge >= 0.3 is 0 Å². The quantitative estimate of drug-likeness (QED) is 0.908. The highest BCUT2D eigenvalue weighted by Gasteiger charge is 2.33. The van der Waals surface area contributed by atoms with Crippen LogP contribution < -0.4 is 10.9 Å². The Bertz CT molecular complexity index is 696. The second-order valence-electron chi connectivity index (χ2n) is 5.39. The van der Waals surface area contributed by atoms with Crippen molar-refractivity contribution in [2.75, 3.05) is 18.5 Å². The number of hydrogen-bond donors (Lipinski definition) is 1. The van der Waals surface area contributed by atoms with Crippen LogP contribution in [0.2, 0.25) is 0 Å². The summed E-state index contributed by atoms with van der Waals surface area (Å²) >= 11 is 1.37. The summed E-state index contributed by atoms with van der Waals surface area (Å²) in [5.74, 6) is 1.49. The van der Waals surface area contributed by atoms with E-state index in [0.29, 0.717) is 19.1 Å². The van der Waals surface area contributed by atoms with Crippen LogP contribution in [0.25, 0.3) is 0 Å². The molecule has 1 saturated carbocycles. The molecule has 7 nitrogen and oxygen atoms in total. The third kappa shape index (κ3) is 2.56. The Labute approximate surface area is 125 Å². The highest BCUT2D eigenvalue weighted by molar-refractivity contribution is 7.09. The predicted molar refractivity (Wildman–Crippen MR) is 77.6 cm³/mol. The van der Waals surface area contributed by atoms with Crippen molar-refractivity contribution >= 4 is 16.7 Å². The van der Waals surface area contributed by atoms with Gasteiger partial charge in [0.15, 0.2) is 0 Å². The molecule has 2 unspecified atom stereocenters. The minimum Gasteiger partial charge on any atom is -0.377 e. The zero-order valence-electron chi connectivity index (χ0n) is 11.3. The average molecular weight is 305 g/mol. The molecule has 0 radical (unpaired) electrons. The molecule has 110 valence electrons. The first-order valence-corrected chi connectivity index (χ1v) is 7.80. The molecule has 0 aromatic carbocycles. The highest BCUT2D eigenvalue weighted by atomic mass is 32.1. The van der Waals surface area contributed by atoms with Crippen molar-refractivity contribution in [1.29, 1.82) is 0 Å². The van der Waals surface area contributed by atoms with E-state index >= 15 is 0 Å². The van der Waals surface area contributed by atoms with Gasteiger partial charge in [-0.1, -0.05) is 0 Å². The van der Waals surface area contributed by atoms with Crippen LogP contribution in [0.1, 0.15) is 30.6 Å². The first-order valence-electron chi connectivity index (χ1n) is 7.03. The van der Waals surface area contributed by atoms with E-state index in [0.717, 1.165) is 11.0 Å². The van der Waals surface area contributed by atoms with Gasteiger partial charge in [0, 0.05) is 29.7 Å². The lowest BCUT2D eigenvalue weighted by molar-refractivity contribution is 0.182. The van der Waals surface area contributed by atoms with Gasteiger partial charge in [-0.3, -0.25) is 4.79 Å². The lowest BCUT2D eigenvalue weighted by atomic mass is 10.2. The van der Waals surface area contributed by atoms with E-state index in [1.165, 1.54) is 35.1 Å². The SMILES string of the molecule is O=c1cccnn1C1COCC1Nc1nc(C2CC2)ns1. The fraction of sp³-hybridized carbons (Fsp3) is 0.538. The zero-order chi connectivity index (χ0) is 14.2. The van der Waals surface area contributed by atoms with Crippen LogP contribution in [0.4, 0.5) is 5.13 Å². The molecule has 2 fully saturated rings. The van der Waals surface area contributed by atoms with Gasteiger partial charge in [-0.05, 0) is 18.9 Å². The van der Waals surface area contributed by atoms with Crippen molar-refractivity contribution in [3.8, 4) is 0 Å². The summed E-state index contributed by atoms with van der Waals surface area (Å²) in [5, 5.41) is 8.28. The standard InChI is InChI=1S/C13H15N5O2S/c19-11-2-1-5-14-18(11)10-7-20-6-9(10)15-13-16-12(17-21-13)8-3-4-8/h1-2,5,8-10H,3-4,6-7H2,(H,15,16,17). The second kappa shape index (κ2) is 5.19. The summed E-state index contributed by atoms with van der Waals surface area (Å²) < 4.78 is 11.4. The average Bonchev–Trinajstić information content (AvgIpc) is 3.07. The second-order valence-corrected chi connectivity index (χ2v) is 6.15. The van der Waals surface area contributed by atoms with Crippen molar-refractivity contribution in [2.24, 2.45) is 0 Å². The van der Waals surface area contributed by atoms with Crippen molar-refractivity contribution in [2.45, 2.75) is 30.8 Å². The molecule has 1 N–H and O–H groups in total. The Balaban J connectivity index is 1.53. The Kier molecular flexibility index (Phi) is 3.19. The molecule has 0 amide bonds. The van der Waals surface area contributed by atoms with Crippen molar-refractivity contribution in [3.63, 3.8) is 0 Å². The Morgan fingerprint density at radius 1 is 1.38 bits per heavy atom. The van der Waals surface area contributed by atoms with Crippen LogP contribution >= 0.6 is 11.5 Å². The van der Waals surface area contributed by atoms with E-state index in [4.69, 9.17) is 4.74 Å². The number of nitrogens with zero attached hydrogens (tertiary/aromatic N) is 4. The minimum atomic E-state index is -0.119. The van der Waals surface area contributed by atoms with Crippen LogP contribution in [0, 0.1) is 0 Å². The lowest BCUT2D eigenvalue weighted by Crippen LogP contribution is -2.36. The van der Waals surface area contributed by atoms with Crippen LogP contribution in [0.15, 0.2) is 23.1 Å². The summed E-state index contributed by atoms with van der Waals surface area (Å²) in [4.78, 5) is 16.4. The summed E-state index contributed by atoms with van der Waals surface area (Å²) in [5.41, 5.74) is -0.115. The third-order valence-corrected chi connectivity index (χ3v) is 4.46. The van der Waals surface area contributed by atoms with Gasteiger partial charge < -0.3 is 10.1 Å². The van der Waals surface area contributed by atoms with Gasteiger partial charge in [-0.25, -0.2) is 9.67 Å². The van der Waals surface area contributed by atoms with Gasteiger partial charge in [-0.2, -0.15) is 9.47 Å². The molecule has 1 aliphatic carbocycles.